The van der Waals surface area contributed by atoms with Gasteiger partial charge in [0.1, 0.15) is 5.78 Å². The number of rotatable bonds is 7. The Bertz CT molecular complexity index is 235. The summed E-state index contributed by atoms with van der Waals surface area (Å²) in [5.74, 6) is 1.91. The quantitative estimate of drug-likeness (QED) is 0.661. The lowest BCUT2D eigenvalue weighted by Gasteiger charge is -2.22. The SMILES string of the molecule is CCCN(CCC1CCCC1=O)CC1CC1. The number of carbonyl (C=O) groups is 1. The molecule has 0 aromatic carbocycles. The summed E-state index contributed by atoms with van der Waals surface area (Å²) in [6, 6.07) is 0. The van der Waals surface area contributed by atoms with E-state index in [4.69, 9.17) is 0 Å². The van der Waals surface area contributed by atoms with Crippen LogP contribution in [0.15, 0.2) is 0 Å². The van der Waals surface area contributed by atoms with Crippen molar-refractivity contribution in [1.82, 2.24) is 4.90 Å². The topological polar surface area (TPSA) is 20.3 Å². The zero-order valence-corrected chi connectivity index (χ0v) is 10.6. The Labute approximate surface area is 99.4 Å². The van der Waals surface area contributed by atoms with Gasteiger partial charge in [-0.2, -0.15) is 0 Å². The third-order valence-electron chi connectivity index (χ3n) is 3.98. The molecule has 2 nitrogen and oxygen atoms in total. The average Bonchev–Trinajstić information content (AvgIpc) is 2.98. The predicted molar refractivity (Wildman–Crippen MR) is 66.4 cm³/mol. The van der Waals surface area contributed by atoms with Crippen molar-refractivity contribution in [3.8, 4) is 0 Å². The van der Waals surface area contributed by atoms with Gasteiger partial charge in [-0.15, -0.1) is 0 Å². The van der Waals surface area contributed by atoms with Crippen LogP contribution < -0.4 is 0 Å². The fourth-order valence-electron chi connectivity index (χ4n) is 2.81. The third-order valence-corrected chi connectivity index (χ3v) is 3.98. The standard InChI is InChI=1S/C14H25NO/c1-2-9-15(11-12-6-7-12)10-8-13-4-3-5-14(13)16/h12-13H,2-11H2,1H3. The summed E-state index contributed by atoms with van der Waals surface area (Å²) in [4.78, 5) is 14.1. The maximum Gasteiger partial charge on any atom is 0.136 e. The Kier molecular flexibility index (Phi) is 4.39. The lowest BCUT2D eigenvalue weighted by molar-refractivity contribution is -0.120. The molecule has 0 saturated heterocycles. The molecular weight excluding hydrogens is 198 g/mol. The van der Waals surface area contributed by atoms with Crippen molar-refractivity contribution in [2.75, 3.05) is 19.6 Å². The van der Waals surface area contributed by atoms with Crippen LogP contribution in [0.25, 0.3) is 0 Å². The second kappa shape index (κ2) is 5.81. The first-order valence-corrected chi connectivity index (χ1v) is 7.04. The summed E-state index contributed by atoms with van der Waals surface area (Å²) in [6.07, 6.45) is 8.37. The van der Waals surface area contributed by atoms with Crippen LogP contribution in [0.5, 0.6) is 0 Å². The Hall–Kier alpha value is -0.370. The van der Waals surface area contributed by atoms with Gasteiger partial charge in [-0.3, -0.25) is 4.79 Å². The Morgan fingerprint density at radius 1 is 1.25 bits per heavy atom. The van der Waals surface area contributed by atoms with Crippen LogP contribution >= 0.6 is 0 Å². The van der Waals surface area contributed by atoms with Crippen molar-refractivity contribution in [1.29, 1.82) is 0 Å². The van der Waals surface area contributed by atoms with E-state index in [1.165, 1.54) is 32.4 Å². The summed E-state index contributed by atoms with van der Waals surface area (Å²) >= 11 is 0. The van der Waals surface area contributed by atoms with Gasteiger partial charge in [0.05, 0.1) is 0 Å². The van der Waals surface area contributed by atoms with Gasteiger partial charge in [-0.1, -0.05) is 6.92 Å². The van der Waals surface area contributed by atoms with Crippen LogP contribution in [0.1, 0.15) is 51.9 Å². The number of Topliss-reactive ketones (excluding diaryl/α,β-unsaturated/α-hetero) is 1. The molecule has 0 heterocycles. The van der Waals surface area contributed by atoms with Crippen LogP contribution in [0, 0.1) is 11.8 Å². The normalized spacial score (nSPS) is 25.6. The zero-order chi connectivity index (χ0) is 11.4. The molecule has 0 aromatic heterocycles. The summed E-state index contributed by atoms with van der Waals surface area (Å²) in [5.41, 5.74) is 0. The van der Waals surface area contributed by atoms with E-state index in [0.717, 1.165) is 38.1 Å². The van der Waals surface area contributed by atoms with Crippen molar-refractivity contribution in [3.63, 3.8) is 0 Å². The number of hydrogen-bond donors (Lipinski definition) is 0. The smallest absolute Gasteiger partial charge is 0.136 e. The summed E-state index contributed by atoms with van der Waals surface area (Å²) < 4.78 is 0. The highest BCUT2D eigenvalue weighted by molar-refractivity contribution is 5.82. The molecule has 0 amide bonds. The molecule has 0 aliphatic heterocycles. The molecule has 2 aliphatic rings. The molecule has 0 aromatic rings. The number of ketones is 1. The van der Waals surface area contributed by atoms with E-state index >= 15 is 0 Å². The monoisotopic (exact) mass is 223 g/mol. The molecule has 1 atom stereocenters. The summed E-state index contributed by atoms with van der Waals surface area (Å²) in [6.45, 7) is 5.91. The summed E-state index contributed by atoms with van der Waals surface area (Å²) in [5, 5.41) is 0. The lowest BCUT2D eigenvalue weighted by Crippen LogP contribution is -2.29. The molecule has 2 heteroatoms. The lowest BCUT2D eigenvalue weighted by atomic mass is 10.0. The Morgan fingerprint density at radius 2 is 2.06 bits per heavy atom. The minimum Gasteiger partial charge on any atom is -0.303 e. The molecule has 2 rings (SSSR count). The van der Waals surface area contributed by atoms with E-state index in [2.05, 4.69) is 11.8 Å². The minimum atomic E-state index is 0.401. The van der Waals surface area contributed by atoms with Crippen molar-refractivity contribution < 1.29 is 4.79 Å². The third kappa shape index (κ3) is 3.58. The van der Waals surface area contributed by atoms with E-state index in [0.29, 0.717) is 11.7 Å². The molecular formula is C14H25NO. The van der Waals surface area contributed by atoms with Gasteiger partial charge in [0.2, 0.25) is 0 Å². The van der Waals surface area contributed by atoms with Gasteiger partial charge in [0, 0.05) is 18.9 Å². The van der Waals surface area contributed by atoms with E-state index in [-0.39, 0.29) is 0 Å². The number of nitrogens with zero attached hydrogens (tertiary/aromatic N) is 1. The van der Waals surface area contributed by atoms with Crippen molar-refractivity contribution >= 4 is 5.78 Å². The predicted octanol–water partition coefficient (Wildman–Crippen LogP) is 2.87. The van der Waals surface area contributed by atoms with Crippen LogP contribution in [-0.2, 0) is 4.79 Å². The minimum absolute atomic E-state index is 0.401. The molecule has 0 N–H and O–H groups in total. The first-order chi connectivity index (χ1) is 7.79. The van der Waals surface area contributed by atoms with Gasteiger partial charge in [0.15, 0.2) is 0 Å². The average molecular weight is 223 g/mol. The molecule has 1 unspecified atom stereocenters. The number of hydrogen-bond acceptors (Lipinski definition) is 2. The first kappa shape index (κ1) is 12.1. The molecule has 2 saturated carbocycles. The number of carbonyl (C=O) groups excluding carboxylic acids is 1. The first-order valence-electron chi connectivity index (χ1n) is 7.04. The van der Waals surface area contributed by atoms with Crippen LogP contribution in [0.2, 0.25) is 0 Å². The maximum absolute atomic E-state index is 11.6. The van der Waals surface area contributed by atoms with E-state index in [1.807, 2.05) is 0 Å². The molecule has 0 radical (unpaired) electrons. The molecule has 16 heavy (non-hydrogen) atoms. The van der Waals surface area contributed by atoms with Crippen molar-refractivity contribution in [3.05, 3.63) is 0 Å². The molecule has 2 fully saturated rings. The Morgan fingerprint density at radius 3 is 2.62 bits per heavy atom. The van der Waals surface area contributed by atoms with Crippen molar-refractivity contribution in [2.45, 2.75) is 51.9 Å². The maximum atomic E-state index is 11.6. The van der Waals surface area contributed by atoms with E-state index in [9.17, 15) is 4.79 Å². The second-order valence-electron chi connectivity index (χ2n) is 5.59. The largest absolute Gasteiger partial charge is 0.303 e. The van der Waals surface area contributed by atoms with Gasteiger partial charge < -0.3 is 4.90 Å². The van der Waals surface area contributed by atoms with Gasteiger partial charge >= 0.3 is 0 Å². The second-order valence-corrected chi connectivity index (χ2v) is 5.59. The zero-order valence-electron chi connectivity index (χ0n) is 10.6. The molecule has 2 aliphatic carbocycles. The highest BCUT2D eigenvalue weighted by atomic mass is 16.1. The van der Waals surface area contributed by atoms with Crippen LogP contribution in [0.3, 0.4) is 0 Å². The van der Waals surface area contributed by atoms with Gasteiger partial charge in [-0.25, -0.2) is 0 Å². The van der Waals surface area contributed by atoms with Gasteiger partial charge in [0.25, 0.3) is 0 Å². The highest BCUT2D eigenvalue weighted by Gasteiger charge is 2.27. The van der Waals surface area contributed by atoms with E-state index < -0.39 is 0 Å². The molecule has 0 spiro atoms. The summed E-state index contributed by atoms with van der Waals surface area (Å²) in [7, 11) is 0. The van der Waals surface area contributed by atoms with Gasteiger partial charge in [-0.05, 0) is 57.5 Å². The van der Waals surface area contributed by atoms with Crippen LogP contribution in [-0.4, -0.2) is 30.3 Å². The Balaban J connectivity index is 1.69. The fraction of sp³-hybridized carbons (Fsp3) is 0.929. The molecule has 92 valence electrons. The molecule has 0 bridgehead atoms. The fourth-order valence-corrected chi connectivity index (χ4v) is 2.81. The van der Waals surface area contributed by atoms with E-state index in [1.54, 1.807) is 0 Å². The van der Waals surface area contributed by atoms with Crippen LogP contribution in [0.4, 0.5) is 0 Å². The highest BCUT2D eigenvalue weighted by Crippen LogP contribution is 2.30. The van der Waals surface area contributed by atoms with Crippen molar-refractivity contribution in [2.24, 2.45) is 11.8 Å².